The highest BCUT2D eigenvalue weighted by Gasteiger charge is 2.82. The Labute approximate surface area is 200 Å². The average Bonchev–Trinajstić information content (AvgIpc) is 2.91. The summed E-state index contributed by atoms with van der Waals surface area (Å²) in [6.45, 7) is 12.1. The monoisotopic (exact) mass is 472 g/mol. The number of rotatable bonds is 3. The zero-order valence-electron chi connectivity index (χ0n) is 21.2. The second kappa shape index (κ2) is 7.11. The fraction of sp³-hybridized carbons (Fsp3) is 0.741. The van der Waals surface area contributed by atoms with E-state index >= 15 is 0 Å². The molecule has 1 unspecified atom stereocenters. The Hall–Kier alpha value is -2.31. The van der Waals surface area contributed by atoms with Crippen LogP contribution in [-0.4, -0.2) is 41.0 Å². The van der Waals surface area contributed by atoms with E-state index < -0.39 is 50.7 Å². The van der Waals surface area contributed by atoms with Gasteiger partial charge >= 0.3 is 11.9 Å². The van der Waals surface area contributed by atoms with Crippen LogP contribution in [0.25, 0.3) is 0 Å². The van der Waals surface area contributed by atoms with Crippen molar-refractivity contribution in [3.63, 3.8) is 0 Å². The first kappa shape index (κ1) is 24.8. The van der Waals surface area contributed by atoms with Crippen LogP contribution in [0.2, 0.25) is 0 Å². The van der Waals surface area contributed by atoms with E-state index in [1.165, 1.54) is 13.8 Å². The highest BCUT2D eigenvalue weighted by Crippen LogP contribution is 2.76. The van der Waals surface area contributed by atoms with E-state index in [4.69, 9.17) is 4.74 Å². The van der Waals surface area contributed by atoms with Gasteiger partial charge in [-0.05, 0) is 63.7 Å². The Bertz CT molecular complexity index is 1040. The van der Waals surface area contributed by atoms with Gasteiger partial charge in [0.05, 0.1) is 11.3 Å². The summed E-state index contributed by atoms with van der Waals surface area (Å²) in [4.78, 5) is 65.3. The highest BCUT2D eigenvalue weighted by molar-refractivity contribution is 6.25. The zero-order valence-corrected chi connectivity index (χ0v) is 21.2. The molecule has 8 atom stereocenters. The Morgan fingerprint density at radius 1 is 1.09 bits per heavy atom. The van der Waals surface area contributed by atoms with Gasteiger partial charge in [0.2, 0.25) is 0 Å². The first-order chi connectivity index (χ1) is 15.6. The van der Waals surface area contributed by atoms with E-state index in [-0.39, 0.29) is 23.8 Å². The molecule has 0 aromatic rings. The van der Waals surface area contributed by atoms with Gasteiger partial charge in [-0.25, -0.2) is 0 Å². The van der Waals surface area contributed by atoms with Gasteiger partial charge in [0.15, 0.2) is 11.6 Å². The number of esters is 1. The fourth-order valence-electron chi connectivity index (χ4n) is 9.07. The Kier molecular flexibility index (Phi) is 5.19. The molecule has 0 saturated heterocycles. The lowest BCUT2D eigenvalue weighted by Gasteiger charge is -2.67. The molecular weight excluding hydrogens is 436 g/mol. The maximum atomic E-state index is 13.8. The van der Waals surface area contributed by atoms with Crippen molar-refractivity contribution in [1.29, 1.82) is 0 Å². The first-order valence-electron chi connectivity index (χ1n) is 12.2. The van der Waals surface area contributed by atoms with Gasteiger partial charge in [-0.15, -0.1) is 0 Å². The molecule has 1 N–H and O–H groups in total. The molecule has 4 rings (SSSR count). The molecule has 0 heterocycles. The smallest absolute Gasteiger partial charge is 0.319 e. The van der Waals surface area contributed by atoms with E-state index in [1.807, 2.05) is 26.8 Å². The van der Waals surface area contributed by atoms with Crippen LogP contribution in [0.3, 0.4) is 0 Å². The number of ketones is 2. The number of hydrogen-bond acceptors (Lipinski definition) is 6. The van der Waals surface area contributed by atoms with Crippen molar-refractivity contribution in [3.8, 4) is 0 Å². The Morgan fingerprint density at radius 2 is 1.71 bits per heavy atom. The summed E-state index contributed by atoms with van der Waals surface area (Å²) in [5.74, 6) is -4.24. The molecule has 0 aromatic carbocycles. The number of hydrogen-bond donors (Lipinski definition) is 1. The maximum absolute atomic E-state index is 13.8. The van der Waals surface area contributed by atoms with E-state index in [2.05, 4.69) is 0 Å². The third-order valence-electron chi connectivity index (χ3n) is 10.7. The van der Waals surface area contributed by atoms with Crippen LogP contribution >= 0.6 is 0 Å². The molecule has 34 heavy (non-hydrogen) atoms. The number of ether oxygens (including phenoxy) is 1. The van der Waals surface area contributed by atoms with E-state index in [9.17, 15) is 29.1 Å². The standard InChI is InChI=1S/C27H36O7/c1-14-12-18-24(6,27(22(32)33)21(31)15(2)20(30)25(14,27)7)10-8-17-23(4,5)19(34-16(3)29)9-11-26(17,18)13-28/h12-13,15,17-19H,8-11H2,1-7H3,(H,32,33)/t15?,17-,18-,19+,24+,25+,26+,27-/m1/s1. The van der Waals surface area contributed by atoms with Gasteiger partial charge < -0.3 is 14.6 Å². The minimum absolute atomic E-state index is 0.169. The number of allylic oxidation sites excluding steroid dienone is 2. The van der Waals surface area contributed by atoms with E-state index in [1.54, 1.807) is 13.8 Å². The molecule has 186 valence electrons. The molecule has 7 nitrogen and oxygen atoms in total. The number of carbonyl (C=O) groups excluding carboxylic acids is 4. The maximum Gasteiger partial charge on any atom is 0.319 e. The van der Waals surface area contributed by atoms with Gasteiger partial charge in [-0.2, -0.15) is 0 Å². The minimum Gasteiger partial charge on any atom is -0.480 e. The van der Waals surface area contributed by atoms with Gasteiger partial charge in [-0.1, -0.05) is 32.4 Å². The number of Topliss-reactive ketones (excluding diaryl/α,β-unsaturated/α-hetero) is 2. The third-order valence-corrected chi connectivity index (χ3v) is 10.7. The highest BCUT2D eigenvalue weighted by atomic mass is 16.5. The average molecular weight is 473 g/mol. The number of fused-ring (bicyclic) bond motifs is 5. The molecular formula is C27H36O7. The largest absolute Gasteiger partial charge is 0.480 e. The molecule has 0 aromatic heterocycles. The van der Waals surface area contributed by atoms with Gasteiger partial charge in [0.1, 0.15) is 17.8 Å². The molecule has 0 radical (unpaired) electrons. The van der Waals surface area contributed by atoms with Crippen LogP contribution in [-0.2, 0) is 28.7 Å². The summed E-state index contributed by atoms with van der Waals surface area (Å²) < 4.78 is 5.65. The first-order valence-corrected chi connectivity index (χ1v) is 12.2. The summed E-state index contributed by atoms with van der Waals surface area (Å²) in [6.07, 6.45) is 4.34. The number of aliphatic carboxylic acids is 1. The Morgan fingerprint density at radius 3 is 2.24 bits per heavy atom. The van der Waals surface area contributed by atoms with Crippen molar-refractivity contribution < 1.29 is 33.8 Å². The minimum atomic E-state index is -1.93. The second-order valence-electron chi connectivity index (χ2n) is 12.2. The van der Waals surface area contributed by atoms with Crippen molar-refractivity contribution in [2.45, 2.75) is 80.3 Å². The number of carbonyl (C=O) groups is 5. The molecule has 4 aliphatic rings. The SMILES string of the molecule is CC(=O)O[C@H]1CC[C@]2(C=O)[C@H](CC[C@@]3(C)[C@H]2C=C(C)[C@@]2(C)C(=O)C(C)C(=O)[C@]23C(=O)O)C1(C)C. The predicted molar refractivity (Wildman–Crippen MR) is 122 cm³/mol. The predicted octanol–water partition coefficient (Wildman–Crippen LogP) is 3.78. The molecule has 4 aliphatic carbocycles. The summed E-state index contributed by atoms with van der Waals surface area (Å²) in [5, 5.41) is 10.7. The second-order valence-corrected chi connectivity index (χ2v) is 12.2. The number of carboxylic acid groups (broad SMARTS) is 1. The molecule has 3 fully saturated rings. The lowest BCUT2D eigenvalue weighted by Crippen LogP contribution is -2.70. The molecule has 0 aliphatic heterocycles. The van der Waals surface area contributed by atoms with Crippen molar-refractivity contribution in [2.75, 3.05) is 0 Å². The van der Waals surface area contributed by atoms with Crippen LogP contribution in [0.15, 0.2) is 11.6 Å². The zero-order chi connectivity index (χ0) is 25.6. The molecule has 0 bridgehead atoms. The van der Waals surface area contributed by atoms with Crippen molar-refractivity contribution >= 4 is 29.8 Å². The topological polar surface area (TPSA) is 115 Å². The van der Waals surface area contributed by atoms with Crippen LogP contribution < -0.4 is 0 Å². The number of carboxylic acids is 1. The normalized spacial score (nSPS) is 47.1. The third kappa shape index (κ3) is 2.41. The Balaban J connectivity index is 1.98. The van der Waals surface area contributed by atoms with Crippen LogP contribution in [0.5, 0.6) is 0 Å². The fourth-order valence-corrected chi connectivity index (χ4v) is 9.07. The molecule has 0 spiro atoms. The quantitative estimate of drug-likeness (QED) is 0.288. The molecule has 3 saturated carbocycles. The van der Waals surface area contributed by atoms with E-state index in [0.717, 1.165) is 6.29 Å². The van der Waals surface area contributed by atoms with Gasteiger partial charge in [-0.3, -0.25) is 19.2 Å². The summed E-state index contributed by atoms with van der Waals surface area (Å²) in [7, 11) is 0. The number of aldehydes is 1. The van der Waals surface area contributed by atoms with Crippen molar-refractivity contribution in [1.82, 2.24) is 0 Å². The van der Waals surface area contributed by atoms with Crippen molar-refractivity contribution in [3.05, 3.63) is 11.6 Å². The molecule has 0 amide bonds. The van der Waals surface area contributed by atoms with Gasteiger partial charge in [0.25, 0.3) is 0 Å². The summed E-state index contributed by atoms with van der Waals surface area (Å²) in [6, 6.07) is 0. The summed E-state index contributed by atoms with van der Waals surface area (Å²) >= 11 is 0. The van der Waals surface area contributed by atoms with Crippen molar-refractivity contribution in [2.24, 2.45) is 44.8 Å². The van der Waals surface area contributed by atoms with Gasteiger partial charge in [0, 0.05) is 17.8 Å². The van der Waals surface area contributed by atoms with Crippen LogP contribution in [0.4, 0.5) is 0 Å². The molecule has 7 heteroatoms. The van der Waals surface area contributed by atoms with Crippen LogP contribution in [0, 0.1) is 44.8 Å². The lowest BCUT2D eigenvalue weighted by molar-refractivity contribution is -0.216. The van der Waals surface area contributed by atoms with Crippen LogP contribution in [0.1, 0.15) is 74.1 Å². The summed E-state index contributed by atoms with van der Waals surface area (Å²) in [5.41, 5.74) is -5.39. The lowest BCUT2D eigenvalue weighted by atomic mass is 9.34. The van der Waals surface area contributed by atoms with E-state index in [0.29, 0.717) is 31.3 Å².